The summed E-state index contributed by atoms with van der Waals surface area (Å²) in [5, 5.41) is 2.75. The first-order chi connectivity index (χ1) is 11.6. The summed E-state index contributed by atoms with van der Waals surface area (Å²) >= 11 is 0. The Balaban J connectivity index is 1.53. The number of carbonyl (C=O) groups is 1. The van der Waals surface area contributed by atoms with E-state index in [9.17, 15) is 4.79 Å². The van der Waals surface area contributed by atoms with Crippen LogP contribution in [-0.4, -0.2) is 43.2 Å². The van der Waals surface area contributed by atoms with Crippen molar-refractivity contribution in [1.82, 2.24) is 10.2 Å². The largest absolute Gasteiger partial charge is 0.375 e. The molecule has 0 saturated carbocycles. The molecule has 2 aliphatic rings. The molecule has 2 aliphatic heterocycles. The van der Waals surface area contributed by atoms with Crippen LogP contribution in [0.4, 0.5) is 0 Å². The van der Waals surface area contributed by atoms with E-state index in [-0.39, 0.29) is 11.5 Å². The van der Waals surface area contributed by atoms with Crippen LogP contribution in [0.15, 0.2) is 24.3 Å². The van der Waals surface area contributed by atoms with Crippen LogP contribution in [0.2, 0.25) is 0 Å². The molecule has 1 spiro atoms. The Morgan fingerprint density at radius 1 is 1.38 bits per heavy atom. The number of likely N-dealkylation sites (tertiary alicyclic amines) is 1. The molecule has 4 heteroatoms. The standard InChI is InChI=1S/C20H30N2O2/c1-16-4-3-5-18(12-16)15-22-9-7-20(8-10-22)14-17(6-11-24-20)13-19(23)21-2/h3-5,12,17H,6-11,13-15H2,1-2H3,(H,21,23). The highest BCUT2D eigenvalue weighted by Gasteiger charge is 2.40. The van der Waals surface area contributed by atoms with Crippen LogP contribution >= 0.6 is 0 Å². The smallest absolute Gasteiger partial charge is 0.220 e. The fourth-order valence-electron chi connectivity index (χ4n) is 4.20. The van der Waals surface area contributed by atoms with E-state index in [0.29, 0.717) is 12.3 Å². The summed E-state index contributed by atoms with van der Waals surface area (Å²) in [4.78, 5) is 14.2. The zero-order valence-corrected chi connectivity index (χ0v) is 15.0. The first-order valence-electron chi connectivity index (χ1n) is 9.21. The molecule has 1 aromatic carbocycles. The van der Waals surface area contributed by atoms with Gasteiger partial charge in [0.15, 0.2) is 0 Å². The Labute approximate surface area is 145 Å². The Morgan fingerprint density at radius 3 is 2.88 bits per heavy atom. The van der Waals surface area contributed by atoms with Gasteiger partial charge < -0.3 is 10.1 Å². The summed E-state index contributed by atoms with van der Waals surface area (Å²) in [6.45, 7) is 6.15. The molecule has 3 rings (SSSR count). The molecule has 2 saturated heterocycles. The van der Waals surface area contributed by atoms with E-state index in [1.807, 2.05) is 0 Å². The minimum atomic E-state index is 0.0139. The van der Waals surface area contributed by atoms with Crippen LogP contribution in [0, 0.1) is 12.8 Å². The number of aryl methyl sites for hydroxylation is 1. The molecule has 24 heavy (non-hydrogen) atoms. The van der Waals surface area contributed by atoms with Gasteiger partial charge in [-0.3, -0.25) is 9.69 Å². The van der Waals surface area contributed by atoms with Crippen molar-refractivity contribution >= 4 is 5.91 Å². The third-order valence-electron chi connectivity index (χ3n) is 5.60. The molecule has 1 N–H and O–H groups in total. The quantitative estimate of drug-likeness (QED) is 0.923. The van der Waals surface area contributed by atoms with Gasteiger partial charge in [0.2, 0.25) is 5.91 Å². The van der Waals surface area contributed by atoms with Crippen molar-refractivity contribution in [3.05, 3.63) is 35.4 Å². The highest BCUT2D eigenvalue weighted by Crippen LogP contribution is 2.39. The van der Waals surface area contributed by atoms with Gasteiger partial charge in [-0.15, -0.1) is 0 Å². The van der Waals surface area contributed by atoms with E-state index in [2.05, 4.69) is 41.4 Å². The number of rotatable bonds is 4. The molecule has 0 aliphatic carbocycles. The van der Waals surface area contributed by atoms with Crippen molar-refractivity contribution in [3.63, 3.8) is 0 Å². The summed E-state index contributed by atoms with van der Waals surface area (Å²) in [5.74, 6) is 0.635. The second-order valence-corrected chi connectivity index (χ2v) is 7.53. The third-order valence-corrected chi connectivity index (χ3v) is 5.60. The van der Waals surface area contributed by atoms with Gasteiger partial charge in [-0.05, 0) is 44.1 Å². The summed E-state index contributed by atoms with van der Waals surface area (Å²) < 4.78 is 6.21. The first kappa shape index (κ1) is 17.4. The molecule has 1 aromatic rings. The predicted octanol–water partition coefficient (Wildman–Crippen LogP) is 2.89. The van der Waals surface area contributed by atoms with Gasteiger partial charge in [0.25, 0.3) is 0 Å². The minimum absolute atomic E-state index is 0.0139. The molecule has 1 unspecified atom stereocenters. The lowest BCUT2D eigenvalue weighted by Crippen LogP contribution is -2.49. The van der Waals surface area contributed by atoms with Gasteiger partial charge in [-0.1, -0.05) is 29.8 Å². The third kappa shape index (κ3) is 4.37. The molecular weight excluding hydrogens is 300 g/mol. The lowest BCUT2D eigenvalue weighted by molar-refractivity contribution is -0.136. The molecule has 0 aromatic heterocycles. The second-order valence-electron chi connectivity index (χ2n) is 7.53. The Bertz CT molecular complexity index is 565. The molecule has 0 radical (unpaired) electrons. The molecule has 2 fully saturated rings. The van der Waals surface area contributed by atoms with Gasteiger partial charge in [0.1, 0.15) is 0 Å². The monoisotopic (exact) mass is 330 g/mol. The summed E-state index contributed by atoms with van der Waals surface area (Å²) in [6.07, 6.45) is 4.88. The van der Waals surface area contributed by atoms with Crippen molar-refractivity contribution in [2.24, 2.45) is 5.92 Å². The predicted molar refractivity (Wildman–Crippen MR) is 95.8 cm³/mol. The average molecular weight is 330 g/mol. The first-order valence-corrected chi connectivity index (χ1v) is 9.21. The maximum atomic E-state index is 11.7. The number of hydrogen-bond acceptors (Lipinski definition) is 3. The van der Waals surface area contributed by atoms with E-state index in [0.717, 1.165) is 51.9 Å². The van der Waals surface area contributed by atoms with Crippen LogP contribution in [0.3, 0.4) is 0 Å². The number of benzene rings is 1. The molecule has 1 atom stereocenters. The highest BCUT2D eigenvalue weighted by molar-refractivity contribution is 5.75. The lowest BCUT2D eigenvalue weighted by Gasteiger charge is -2.46. The van der Waals surface area contributed by atoms with Crippen LogP contribution in [0.1, 0.15) is 43.2 Å². The van der Waals surface area contributed by atoms with Crippen LogP contribution < -0.4 is 5.32 Å². The van der Waals surface area contributed by atoms with Gasteiger partial charge in [-0.25, -0.2) is 0 Å². The fourth-order valence-corrected chi connectivity index (χ4v) is 4.20. The SMILES string of the molecule is CNC(=O)CC1CCOC2(CCN(Cc3cccc(C)c3)CC2)C1. The number of hydrogen-bond donors (Lipinski definition) is 1. The number of carbonyl (C=O) groups excluding carboxylic acids is 1. The zero-order chi connectivity index (χ0) is 17.0. The Hall–Kier alpha value is -1.39. The van der Waals surface area contributed by atoms with Gasteiger partial charge >= 0.3 is 0 Å². The zero-order valence-electron chi connectivity index (χ0n) is 15.0. The van der Waals surface area contributed by atoms with E-state index < -0.39 is 0 Å². The molecular formula is C20H30N2O2. The topological polar surface area (TPSA) is 41.6 Å². The average Bonchev–Trinajstić information content (AvgIpc) is 2.57. The molecule has 0 bridgehead atoms. The minimum Gasteiger partial charge on any atom is -0.375 e. The number of ether oxygens (including phenoxy) is 1. The molecule has 4 nitrogen and oxygen atoms in total. The van der Waals surface area contributed by atoms with Gasteiger partial charge in [-0.2, -0.15) is 0 Å². The van der Waals surface area contributed by atoms with Crippen molar-refractivity contribution in [2.75, 3.05) is 26.7 Å². The van der Waals surface area contributed by atoms with Crippen molar-refractivity contribution in [2.45, 2.75) is 51.2 Å². The maximum absolute atomic E-state index is 11.7. The number of amides is 1. The van der Waals surface area contributed by atoms with Gasteiger partial charge in [0, 0.05) is 39.7 Å². The van der Waals surface area contributed by atoms with Crippen LogP contribution in [-0.2, 0) is 16.1 Å². The van der Waals surface area contributed by atoms with Gasteiger partial charge in [0.05, 0.1) is 5.60 Å². The van der Waals surface area contributed by atoms with Crippen molar-refractivity contribution < 1.29 is 9.53 Å². The maximum Gasteiger partial charge on any atom is 0.220 e. The molecule has 132 valence electrons. The number of piperidine rings is 1. The van der Waals surface area contributed by atoms with Crippen LogP contribution in [0.5, 0.6) is 0 Å². The lowest BCUT2D eigenvalue weighted by atomic mass is 9.78. The number of nitrogens with one attached hydrogen (secondary N) is 1. The molecule has 1 amide bonds. The Kier molecular flexibility index (Phi) is 5.57. The summed E-state index contributed by atoms with van der Waals surface area (Å²) in [5.41, 5.74) is 2.74. The summed E-state index contributed by atoms with van der Waals surface area (Å²) in [7, 11) is 1.72. The summed E-state index contributed by atoms with van der Waals surface area (Å²) in [6, 6.07) is 8.79. The normalized spacial score (nSPS) is 24.0. The van der Waals surface area contributed by atoms with E-state index in [4.69, 9.17) is 4.74 Å². The van der Waals surface area contributed by atoms with E-state index >= 15 is 0 Å². The van der Waals surface area contributed by atoms with E-state index in [1.165, 1.54) is 11.1 Å². The second kappa shape index (κ2) is 7.66. The number of nitrogens with zero attached hydrogens (tertiary/aromatic N) is 1. The Morgan fingerprint density at radius 2 is 2.17 bits per heavy atom. The highest BCUT2D eigenvalue weighted by atomic mass is 16.5. The fraction of sp³-hybridized carbons (Fsp3) is 0.650. The van der Waals surface area contributed by atoms with Crippen molar-refractivity contribution in [1.29, 1.82) is 0 Å². The van der Waals surface area contributed by atoms with E-state index in [1.54, 1.807) is 7.05 Å². The van der Waals surface area contributed by atoms with Crippen LogP contribution in [0.25, 0.3) is 0 Å². The van der Waals surface area contributed by atoms with Crippen molar-refractivity contribution in [3.8, 4) is 0 Å². The molecule has 2 heterocycles.